The van der Waals surface area contributed by atoms with Crippen LogP contribution in [-0.2, 0) is 6.54 Å². The zero-order chi connectivity index (χ0) is 17.4. The molecule has 0 atom stereocenters. The highest BCUT2D eigenvalue weighted by molar-refractivity contribution is 5.98. The van der Waals surface area contributed by atoms with E-state index in [-0.39, 0.29) is 5.91 Å². The molecule has 4 rings (SSSR count). The van der Waals surface area contributed by atoms with Gasteiger partial charge in [-0.25, -0.2) is 0 Å². The van der Waals surface area contributed by atoms with Crippen LogP contribution in [0, 0.1) is 13.8 Å². The summed E-state index contributed by atoms with van der Waals surface area (Å²) in [6, 6.07) is 9.91. The summed E-state index contributed by atoms with van der Waals surface area (Å²) < 4.78 is 5.24. The standard InChI is InChI=1S/C19H22N4O2/c1-13-16(14(2)25-21-13)12-22-7-9-23(10-8-22)19(24)18-11-15-5-3-4-6-17(15)20-18/h3-6,11,20H,7-10,12H2,1-2H3. The SMILES string of the molecule is Cc1noc(C)c1CN1CCN(C(=O)c2cc3ccccc3[nH]2)CC1. The maximum atomic E-state index is 12.8. The Bertz CT molecular complexity index is 851. The van der Waals surface area contributed by atoms with Crippen LogP contribution in [0.15, 0.2) is 34.9 Å². The van der Waals surface area contributed by atoms with Gasteiger partial charge in [0.05, 0.1) is 5.69 Å². The predicted molar refractivity (Wildman–Crippen MR) is 95.5 cm³/mol. The van der Waals surface area contributed by atoms with Crippen LogP contribution in [0.3, 0.4) is 0 Å². The van der Waals surface area contributed by atoms with Crippen LogP contribution >= 0.6 is 0 Å². The Hall–Kier alpha value is -2.60. The number of fused-ring (bicyclic) bond motifs is 1. The van der Waals surface area contributed by atoms with Crippen LogP contribution in [0.4, 0.5) is 0 Å². The number of nitrogens with zero attached hydrogens (tertiary/aromatic N) is 3. The van der Waals surface area contributed by atoms with E-state index in [1.165, 1.54) is 0 Å². The molecule has 0 aliphatic carbocycles. The van der Waals surface area contributed by atoms with E-state index in [1.807, 2.05) is 49.1 Å². The van der Waals surface area contributed by atoms with E-state index in [0.717, 1.165) is 60.6 Å². The summed E-state index contributed by atoms with van der Waals surface area (Å²) in [5.74, 6) is 0.960. The van der Waals surface area contributed by atoms with Crippen molar-refractivity contribution >= 4 is 16.8 Å². The number of hydrogen-bond acceptors (Lipinski definition) is 4. The fourth-order valence-electron chi connectivity index (χ4n) is 3.42. The topological polar surface area (TPSA) is 65.4 Å². The Morgan fingerprint density at radius 3 is 2.64 bits per heavy atom. The average Bonchev–Trinajstić information content (AvgIpc) is 3.20. The van der Waals surface area contributed by atoms with Gasteiger partial charge in [0.25, 0.3) is 5.91 Å². The van der Waals surface area contributed by atoms with Crippen LogP contribution in [0.1, 0.15) is 27.5 Å². The lowest BCUT2D eigenvalue weighted by Crippen LogP contribution is -2.48. The third kappa shape index (κ3) is 3.05. The molecule has 1 saturated heterocycles. The minimum absolute atomic E-state index is 0.0770. The van der Waals surface area contributed by atoms with E-state index in [9.17, 15) is 4.79 Å². The zero-order valence-corrected chi connectivity index (χ0v) is 14.6. The van der Waals surface area contributed by atoms with Crippen LogP contribution in [0.5, 0.6) is 0 Å². The van der Waals surface area contributed by atoms with E-state index >= 15 is 0 Å². The van der Waals surface area contributed by atoms with Crippen molar-refractivity contribution in [2.24, 2.45) is 0 Å². The molecule has 6 heteroatoms. The normalized spacial score (nSPS) is 15.8. The molecular formula is C19H22N4O2. The zero-order valence-electron chi connectivity index (χ0n) is 14.6. The van der Waals surface area contributed by atoms with Gasteiger partial charge in [-0.15, -0.1) is 0 Å². The number of para-hydroxylation sites is 1. The minimum atomic E-state index is 0.0770. The molecule has 6 nitrogen and oxygen atoms in total. The summed E-state index contributed by atoms with van der Waals surface area (Å²) in [7, 11) is 0. The van der Waals surface area contributed by atoms with Crippen LogP contribution in [0.2, 0.25) is 0 Å². The van der Waals surface area contributed by atoms with Gasteiger partial charge in [-0.1, -0.05) is 23.4 Å². The average molecular weight is 338 g/mol. The molecular weight excluding hydrogens is 316 g/mol. The molecule has 1 amide bonds. The first-order valence-electron chi connectivity index (χ1n) is 8.63. The van der Waals surface area contributed by atoms with Crippen molar-refractivity contribution in [2.75, 3.05) is 26.2 Å². The fraction of sp³-hybridized carbons (Fsp3) is 0.368. The van der Waals surface area contributed by atoms with E-state index in [4.69, 9.17) is 4.52 Å². The van der Waals surface area contributed by atoms with Gasteiger partial charge in [-0.05, 0) is 26.0 Å². The second kappa shape index (κ2) is 6.37. The molecule has 1 N–H and O–H groups in total. The maximum Gasteiger partial charge on any atom is 0.270 e. The molecule has 0 unspecified atom stereocenters. The number of rotatable bonds is 3. The van der Waals surface area contributed by atoms with Gasteiger partial charge in [-0.2, -0.15) is 0 Å². The highest BCUT2D eigenvalue weighted by Gasteiger charge is 2.24. The van der Waals surface area contributed by atoms with Crippen molar-refractivity contribution in [1.29, 1.82) is 0 Å². The largest absolute Gasteiger partial charge is 0.361 e. The number of amides is 1. The number of carbonyl (C=O) groups is 1. The third-order valence-corrected chi connectivity index (χ3v) is 4.98. The van der Waals surface area contributed by atoms with Crippen molar-refractivity contribution in [2.45, 2.75) is 20.4 Å². The molecule has 1 aliphatic rings. The lowest BCUT2D eigenvalue weighted by Gasteiger charge is -2.34. The number of carbonyl (C=O) groups excluding carboxylic acids is 1. The molecule has 3 heterocycles. The van der Waals surface area contributed by atoms with Gasteiger partial charge in [0, 0.05) is 49.2 Å². The number of piperazine rings is 1. The van der Waals surface area contributed by atoms with Gasteiger partial charge in [-0.3, -0.25) is 9.69 Å². The quantitative estimate of drug-likeness (QED) is 0.797. The van der Waals surface area contributed by atoms with Gasteiger partial charge in [0.1, 0.15) is 11.5 Å². The second-order valence-electron chi connectivity index (χ2n) is 6.64. The Morgan fingerprint density at radius 2 is 1.96 bits per heavy atom. The molecule has 1 fully saturated rings. The number of hydrogen-bond donors (Lipinski definition) is 1. The molecule has 0 radical (unpaired) electrons. The maximum absolute atomic E-state index is 12.8. The Labute approximate surface area is 146 Å². The second-order valence-corrected chi connectivity index (χ2v) is 6.64. The highest BCUT2D eigenvalue weighted by Crippen LogP contribution is 2.19. The Morgan fingerprint density at radius 1 is 1.20 bits per heavy atom. The van der Waals surface area contributed by atoms with Gasteiger partial charge < -0.3 is 14.4 Å². The first kappa shape index (κ1) is 15.9. The molecule has 25 heavy (non-hydrogen) atoms. The Balaban J connectivity index is 1.40. The molecule has 1 aliphatic heterocycles. The summed E-state index contributed by atoms with van der Waals surface area (Å²) in [5.41, 5.74) is 3.78. The number of aromatic nitrogens is 2. The highest BCUT2D eigenvalue weighted by atomic mass is 16.5. The summed E-state index contributed by atoms with van der Waals surface area (Å²) >= 11 is 0. The van der Waals surface area contributed by atoms with Crippen molar-refractivity contribution in [3.63, 3.8) is 0 Å². The predicted octanol–water partition coefficient (Wildman–Crippen LogP) is 2.73. The summed E-state index contributed by atoms with van der Waals surface area (Å²) in [4.78, 5) is 20.3. The molecule has 3 aromatic rings. The van der Waals surface area contributed by atoms with Gasteiger partial charge >= 0.3 is 0 Å². The van der Waals surface area contributed by atoms with E-state index in [1.54, 1.807) is 0 Å². The number of H-pyrrole nitrogens is 1. The molecule has 0 spiro atoms. The molecule has 0 bridgehead atoms. The lowest BCUT2D eigenvalue weighted by atomic mass is 10.1. The summed E-state index contributed by atoms with van der Waals surface area (Å²) in [6.45, 7) is 7.93. The number of aryl methyl sites for hydroxylation is 2. The smallest absolute Gasteiger partial charge is 0.270 e. The van der Waals surface area contributed by atoms with Crippen molar-refractivity contribution < 1.29 is 9.32 Å². The third-order valence-electron chi connectivity index (χ3n) is 4.98. The monoisotopic (exact) mass is 338 g/mol. The fourth-order valence-corrected chi connectivity index (χ4v) is 3.42. The summed E-state index contributed by atoms with van der Waals surface area (Å²) in [6.07, 6.45) is 0. The van der Waals surface area contributed by atoms with Crippen LogP contribution in [-0.4, -0.2) is 52.0 Å². The van der Waals surface area contributed by atoms with E-state index in [0.29, 0.717) is 5.69 Å². The van der Waals surface area contributed by atoms with Crippen molar-refractivity contribution in [1.82, 2.24) is 19.9 Å². The first-order valence-corrected chi connectivity index (χ1v) is 8.63. The van der Waals surface area contributed by atoms with Crippen molar-refractivity contribution in [3.8, 4) is 0 Å². The van der Waals surface area contributed by atoms with Crippen molar-refractivity contribution in [3.05, 3.63) is 53.0 Å². The Kier molecular flexibility index (Phi) is 4.05. The number of nitrogens with one attached hydrogen (secondary N) is 1. The number of benzene rings is 1. The summed E-state index contributed by atoms with van der Waals surface area (Å²) in [5, 5.41) is 5.09. The van der Waals surface area contributed by atoms with E-state index in [2.05, 4.69) is 15.0 Å². The van der Waals surface area contributed by atoms with E-state index < -0.39 is 0 Å². The number of aromatic amines is 1. The van der Waals surface area contributed by atoms with Gasteiger partial charge in [0.2, 0.25) is 0 Å². The molecule has 130 valence electrons. The van der Waals surface area contributed by atoms with Crippen LogP contribution < -0.4 is 0 Å². The first-order chi connectivity index (χ1) is 12.1. The molecule has 0 saturated carbocycles. The van der Waals surface area contributed by atoms with Gasteiger partial charge in [0.15, 0.2) is 0 Å². The molecule has 2 aromatic heterocycles. The molecule has 1 aromatic carbocycles. The minimum Gasteiger partial charge on any atom is -0.361 e. The lowest BCUT2D eigenvalue weighted by molar-refractivity contribution is 0.0623. The van der Waals surface area contributed by atoms with Crippen LogP contribution in [0.25, 0.3) is 10.9 Å².